The molecule has 1 aromatic heterocycles. The van der Waals surface area contributed by atoms with E-state index in [1.54, 1.807) is 25.6 Å². The molecule has 0 aliphatic heterocycles. The van der Waals surface area contributed by atoms with Gasteiger partial charge in [-0.15, -0.1) is 0 Å². The quantitative estimate of drug-likeness (QED) is 0.813. The Morgan fingerprint density at radius 1 is 1.30 bits per heavy atom. The number of aromatic nitrogens is 2. The second kappa shape index (κ2) is 5.46. The number of hydrogen-bond acceptors (Lipinski definition) is 4. The molecule has 0 amide bonds. The van der Waals surface area contributed by atoms with Crippen LogP contribution in [-0.4, -0.2) is 25.3 Å². The molecule has 0 aliphatic rings. The van der Waals surface area contributed by atoms with Crippen molar-refractivity contribution in [3.8, 4) is 5.75 Å². The summed E-state index contributed by atoms with van der Waals surface area (Å²) in [6.45, 7) is 3.73. The predicted molar refractivity (Wildman–Crippen MR) is 76.8 cm³/mol. The molecule has 0 fully saturated rings. The number of ether oxygens (including phenoxy) is 1. The molecule has 108 valence electrons. The molecule has 1 aromatic carbocycles. The van der Waals surface area contributed by atoms with Gasteiger partial charge in [-0.3, -0.25) is 4.68 Å². The number of halogens is 1. The van der Waals surface area contributed by atoms with Gasteiger partial charge in [0.15, 0.2) is 0 Å². The van der Waals surface area contributed by atoms with E-state index in [4.69, 9.17) is 15.4 Å². The average Bonchev–Trinajstić information content (AvgIpc) is 2.64. The molecule has 20 heavy (non-hydrogen) atoms. The zero-order valence-electron chi connectivity index (χ0n) is 11.4. The predicted octanol–water partition coefficient (Wildman–Crippen LogP) is 2.48. The van der Waals surface area contributed by atoms with Crippen LogP contribution in [-0.2, 0) is 15.6 Å². The first-order valence-electron chi connectivity index (χ1n) is 5.95. The van der Waals surface area contributed by atoms with Crippen molar-refractivity contribution in [3.05, 3.63) is 41.2 Å². The molecule has 0 unspecified atom stereocenters. The van der Waals surface area contributed by atoms with Crippen LogP contribution >= 0.6 is 10.7 Å². The highest BCUT2D eigenvalue weighted by Gasteiger charge is 2.22. The lowest BCUT2D eigenvalue weighted by molar-refractivity contribution is 0.407. The third-order valence-corrected chi connectivity index (χ3v) is 4.61. The Hall–Kier alpha value is -1.53. The van der Waals surface area contributed by atoms with Gasteiger partial charge in [0.05, 0.1) is 25.0 Å². The number of methoxy groups -OCH3 is 1. The van der Waals surface area contributed by atoms with Crippen LogP contribution in [0.5, 0.6) is 5.75 Å². The first-order valence-corrected chi connectivity index (χ1v) is 8.26. The van der Waals surface area contributed by atoms with Crippen molar-refractivity contribution in [2.75, 3.05) is 7.11 Å². The maximum absolute atomic E-state index is 11.6. The summed E-state index contributed by atoms with van der Waals surface area (Å²) < 4.78 is 30.0. The van der Waals surface area contributed by atoms with Gasteiger partial charge in [0, 0.05) is 16.2 Å². The smallest absolute Gasteiger partial charge is 0.264 e. The van der Waals surface area contributed by atoms with E-state index in [1.807, 2.05) is 24.3 Å². The Morgan fingerprint density at radius 3 is 2.50 bits per heavy atom. The van der Waals surface area contributed by atoms with Crippen molar-refractivity contribution in [1.82, 2.24) is 9.78 Å². The largest absolute Gasteiger partial charge is 0.496 e. The molecule has 0 saturated carbocycles. The number of benzene rings is 1. The highest BCUT2D eigenvalue weighted by atomic mass is 35.7. The molecule has 7 heteroatoms. The maximum Gasteiger partial charge on any atom is 0.264 e. The second-order valence-electron chi connectivity index (χ2n) is 4.41. The van der Waals surface area contributed by atoms with Gasteiger partial charge in [0.1, 0.15) is 10.6 Å². The Bertz CT molecular complexity index is 738. The van der Waals surface area contributed by atoms with Crippen LogP contribution in [0.3, 0.4) is 0 Å². The molecule has 0 radical (unpaired) electrons. The molecule has 2 rings (SSSR count). The summed E-state index contributed by atoms with van der Waals surface area (Å²) in [5, 5.41) is 4.24. The fourth-order valence-corrected chi connectivity index (χ4v) is 3.70. The molecular weight excluding hydrogens is 300 g/mol. The van der Waals surface area contributed by atoms with E-state index in [9.17, 15) is 8.42 Å². The molecule has 5 nitrogen and oxygen atoms in total. The number of nitrogens with zero attached hydrogens (tertiary/aromatic N) is 2. The van der Waals surface area contributed by atoms with Crippen LogP contribution in [0.4, 0.5) is 0 Å². The minimum atomic E-state index is -3.79. The van der Waals surface area contributed by atoms with Gasteiger partial charge >= 0.3 is 0 Å². The fraction of sp³-hybridized carbons (Fsp3) is 0.308. The molecule has 0 saturated heterocycles. The lowest BCUT2D eigenvalue weighted by Crippen LogP contribution is -2.06. The van der Waals surface area contributed by atoms with Crippen molar-refractivity contribution in [3.63, 3.8) is 0 Å². The summed E-state index contributed by atoms with van der Waals surface area (Å²) in [5.74, 6) is 0.732. The summed E-state index contributed by atoms with van der Waals surface area (Å²) in [7, 11) is 3.24. The molecule has 1 heterocycles. The van der Waals surface area contributed by atoms with E-state index >= 15 is 0 Å². The lowest BCUT2D eigenvalue weighted by atomic mass is 10.2. The summed E-state index contributed by atoms with van der Waals surface area (Å²) in [4.78, 5) is 0.0778. The van der Waals surface area contributed by atoms with E-state index in [0.29, 0.717) is 17.9 Å². The van der Waals surface area contributed by atoms with E-state index < -0.39 is 9.05 Å². The average molecular weight is 315 g/mol. The van der Waals surface area contributed by atoms with Crippen molar-refractivity contribution in [2.24, 2.45) is 0 Å². The van der Waals surface area contributed by atoms with Gasteiger partial charge in [-0.1, -0.05) is 18.2 Å². The zero-order valence-corrected chi connectivity index (χ0v) is 13.0. The normalized spacial score (nSPS) is 11.6. The van der Waals surface area contributed by atoms with Crippen LogP contribution in [0, 0.1) is 13.8 Å². The standard InChI is InChI=1S/C13H15ClN2O3S/c1-9-13(20(14,17)18)10(2)16(15-9)8-11-6-4-5-7-12(11)19-3/h4-7H,8H2,1-3H3. The van der Waals surface area contributed by atoms with Gasteiger partial charge < -0.3 is 4.74 Å². The second-order valence-corrected chi connectivity index (χ2v) is 6.91. The van der Waals surface area contributed by atoms with Gasteiger partial charge in [-0.05, 0) is 19.9 Å². The summed E-state index contributed by atoms with van der Waals surface area (Å²) in [6, 6.07) is 7.52. The highest BCUT2D eigenvalue weighted by Crippen LogP contribution is 2.25. The molecule has 0 spiro atoms. The Morgan fingerprint density at radius 2 is 1.95 bits per heavy atom. The van der Waals surface area contributed by atoms with E-state index in [0.717, 1.165) is 11.3 Å². The summed E-state index contributed by atoms with van der Waals surface area (Å²) in [5.41, 5.74) is 1.83. The Labute approximate surface area is 122 Å². The molecule has 0 bridgehead atoms. The third-order valence-electron chi connectivity index (χ3n) is 3.07. The van der Waals surface area contributed by atoms with E-state index in [1.165, 1.54) is 0 Å². The summed E-state index contributed by atoms with van der Waals surface area (Å²) >= 11 is 0. The van der Waals surface area contributed by atoms with Crippen LogP contribution < -0.4 is 4.74 Å². The topological polar surface area (TPSA) is 61.2 Å². The van der Waals surface area contributed by atoms with Crippen LogP contribution in [0.2, 0.25) is 0 Å². The van der Waals surface area contributed by atoms with Crippen molar-refractivity contribution < 1.29 is 13.2 Å². The van der Waals surface area contributed by atoms with Crippen molar-refractivity contribution >= 4 is 19.7 Å². The molecule has 2 aromatic rings. The minimum absolute atomic E-state index is 0.0778. The minimum Gasteiger partial charge on any atom is -0.496 e. The van der Waals surface area contributed by atoms with Crippen LogP contribution in [0.25, 0.3) is 0 Å². The van der Waals surface area contributed by atoms with Gasteiger partial charge in [-0.2, -0.15) is 5.10 Å². The molecular formula is C13H15ClN2O3S. The number of aryl methyl sites for hydroxylation is 1. The van der Waals surface area contributed by atoms with Crippen molar-refractivity contribution in [2.45, 2.75) is 25.3 Å². The number of para-hydroxylation sites is 1. The first kappa shape index (κ1) is 14.9. The first-order chi connectivity index (χ1) is 9.34. The number of rotatable bonds is 4. The zero-order chi connectivity index (χ0) is 14.9. The summed E-state index contributed by atoms with van der Waals surface area (Å²) in [6.07, 6.45) is 0. The SMILES string of the molecule is COc1ccccc1Cn1nc(C)c(S(=O)(=O)Cl)c1C. The monoisotopic (exact) mass is 314 g/mol. The highest BCUT2D eigenvalue weighted by molar-refractivity contribution is 8.13. The number of hydrogen-bond donors (Lipinski definition) is 0. The van der Waals surface area contributed by atoms with Gasteiger partial charge in [0.2, 0.25) is 0 Å². The molecule has 0 atom stereocenters. The molecule has 0 aliphatic carbocycles. The molecule has 0 N–H and O–H groups in total. The third kappa shape index (κ3) is 2.81. The van der Waals surface area contributed by atoms with Crippen molar-refractivity contribution in [1.29, 1.82) is 0 Å². The van der Waals surface area contributed by atoms with Crippen LogP contribution in [0.1, 0.15) is 17.0 Å². The lowest BCUT2D eigenvalue weighted by Gasteiger charge is -2.09. The van der Waals surface area contributed by atoms with E-state index in [-0.39, 0.29) is 4.90 Å². The fourth-order valence-electron chi connectivity index (χ4n) is 2.18. The van der Waals surface area contributed by atoms with Gasteiger partial charge in [0.25, 0.3) is 9.05 Å². The Kier molecular flexibility index (Phi) is 4.06. The maximum atomic E-state index is 11.6. The van der Waals surface area contributed by atoms with Gasteiger partial charge in [-0.25, -0.2) is 8.42 Å². The van der Waals surface area contributed by atoms with Crippen LogP contribution in [0.15, 0.2) is 29.2 Å². The Balaban J connectivity index is 2.46. The van der Waals surface area contributed by atoms with E-state index in [2.05, 4.69) is 5.10 Å².